The number of hydrogen-bond acceptors (Lipinski definition) is 4. The van der Waals surface area contributed by atoms with Gasteiger partial charge in [0.2, 0.25) is 0 Å². The van der Waals surface area contributed by atoms with Crippen molar-refractivity contribution in [1.82, 2.24) is 10.3 Å². The van der Waals surface area contributed by atoms with Crippen molar-refractivity contribution in [2.24, 2.45) is 0 Å². The summed E-state index contributed by atoms with van der Waals surface area (Å²) in [6.07, 6.45) is -1.02. The van der Waals surface area contributed by atoms with Crippen LogP contribution in [0.3, 0.4) is 0 Å². The van der Waals surface area contributed by atoms with Crippen molar-refractivity contribution in [3.05, 3.63) is 53.2 Å². The van der Waals surface area contributed by atoms with E-state index in [0.29, 0.717) is 30.9 Å². The second kappa shape index (κ2) is 8.93. The minimum absolute atomic E-state index is 0.133. The van der Waals surface area contributed by atoms with Crippen molar-refractivity contribution in [2.75, 3.05) is 24.7 Å². The van der Waals surface area contributed by atoms with Crippen LogP contribution in [-0.2, 0) is 6.18 Å². The summed E-state index contributed by atoms with van der Waals surface area (Å²) in [5.41, 5.74) is 0.778. The molecular formula is C18H20F3N3OS. The van der Waals surface area contributed by atoms with Gasteiger partial charge < -0.3 is 10.6 Å². The molecule has 2 aromatic rings. The lowest BCUT2D eigenvalue weighted by Gasteiger charge is -2.10. The van der Waals surface area contributed by atoms with E-state index in [1.54, 1.807) is 11.8 Å². The van der Waals surface area contributed by atoms with Gasteiger partial charge in [0, 0.05) is 29.7 Å². The minimum Gasteiger partial charge on any atom is -0.370 e. The van der Waals surface area contributed by atoms with Crippen molar-refractivity contribution >= 4 is 23.5 Å². The third-order valence-electron chi connectivity index (χ3n) is 3.73. The summed E-state index contributed by atoms with van der Waals surface area (Å²) < 4.78 is 37.4. The van der Waals surface area contributed by atoms with Crippen LogP contribution in [0.15, 0.2) is 41.4 Å². The smallest absolute Gasteiger partial charge is 0.370 e. The number of amides is 1. The fraction of sp³-hybridized carbons (Fsp3) is 0.333. The van der Waals surface area contributed by atoms with Crippen LogP contribution in [0.5, 0.6) is 0 Å². The number of benzene rings is 1. The highest BCUT2D eigenvalue weighted by atomic mass is 32.2. The molecular weight excluding hydrogens is 363 g/mol. The van der Waals surface area contributed by atoms with Crippen LogP contribution < -0.4 is 10.6 Å². The van der Waals surface area contributed by atoms with Gasteiger partial charge in [-0.15, -0.1) is 11.8 Å². The van der Waals surface area contributed by atoms with Gasteiger partial charge in [0.1, 0.15) is 5.82 Å². The number of nitrogens with one attached hydrogen (secondary N) is 2. The van der Waals surface area contributed by atoms with E-state index in [0.717, 1.165) is 22.7 Å². The van der Waals surface area contributed by atoms with Crippen LogP contribution in [0.2, 0.25) is 0 Å². The van der Waals surface area contributed by atoms with Crippen molar-refractivity contribution < 1.29 is 18.0 Å². The predicted molar refractivity (Wildman–Crippen MR) is 97.6 cm³/mol. The first-order valence-corrected chi connectivity index (χ1v) is 9.23. The number of carbonyl (C=O) groups excluding carboxylic acids is 1. The second-order valence-corrected chi connectivity index (χ2v) is 6.53. The Morgan fingerprint density at radius 1 is 1.19 bits per heavy atom. The maximum Gasteiger partial charge on any atom is 0.417 e. The predicted octanol–water partition coefficient (Wildman–Crippen LogP) is 4.36. The average Bonchev–Trinajstić information content (AvgIpc) is 2.61. The third-order valence-corrected chi connectivity index (χ3v) is 4.45. The number of aryl methyl sites for hydroxylation is 1. The van der Waals surface area contributed by atoms with E-state index in [9.17, 15) is 18.0 Å². The molecule has 140 valence electrons. The van der Waals surface area contributed by atoms with E-state index >= 15 is 0 Å². The van der Waals surface area contributed by atoms with E-state index in [1.165, 1.54) is 6.07 Å². The Morgan fingerprint density at radius 2 is 1.96 bits per heavy atom. The molecule has 0 bridgehead atoms. The number of hydrogen-bond donors (Lipinski definition) is 2. The molecule has 0 aliphatic carbocycles. The van der Waals surface area contributed by atoms with E-state index in [1.807, 2.05) is 31.4 Å². The molecule has 0 unspecified atom stereocenters. The lowest BCUT2D eigenvalue weighted by molar-refractivity contribution is -0.137. The molecule has 2 rings (SSSR count). The molecule has 1 heterocycles. The molecule has 1 amide bonds. The van der Waals surface area contributed by atoms with Crippen molar-refractivity contribution in [3.63, 3.8) is 0 Å². The number of anilines is 1. The van der Waals surface area contributed by atoms with Gasteiger partial charge >= 0.3 is 6.18 Å². The molecule has 2 N–H and O–H groups in total. The summed E-state index contributed by atoms with van der Waals surface area (Å²) in [5.74, 6) is 0.235. The molecule has 0 atom stereocenters. The van der Waals surface area contributed by atoms with Gasteiger partial charge in [-0.2, -0.15) is 13.2 Å². The van der Waals surface area contributed by atoms with Crippen molar-refractivity contribution in [2.45, 2.75) is 24.4 Å². The SMILES string of the molecule is CSc1ccc(C)c(C(=O)NCCCNc2ccc(C(F)(F)F)cn2)c1. The van der Waals surface area contributed by atoms with Gasteiger partial charge in [0.05, 0.1) is 5.56 Å². The molecule has 26 heavy (non-hydrogen) atoms. The third kappa shape index (κ3) is 5.66. The standard InChI is InChI=1S/C18H20F3N3OS/c1-12-4-6-14(26-2)10-15(12)17(25)23-9-3-8-22-16-7-5-13(11-24-16)18(19,20)21/h4-7,10-11H,3,8-9H2,1-2H3,(H,22,24)(H,23,25). The molecule has 0 spiro atoms. The number of aromatic nitrogens is 1. The Morgan fingerprint density at radius 3 is 2.58 bits per heavy atom. The first kappa shape index (κ1) is 20.1. The van der Waals surface area contributed by atoms with Crippen LogP contribution in [0.1, 0.15) is 27.9 Å². The van der Waals surface area contributed by atoms with Crippen molar-refractivity contribution in [3.8, 4) is 0 Å². The topological polar surface area (TPSA) is 54.0 Å². The number of halogens is 3. The van der Waals surface area contributed by atoms with Crippen LogP contribution >= 0.6 is 11.8 Å². The van der Waals surface area contributed by atoms with E-state index in [2.05, 4.69) is 15.6 Å². The molecule has 0 fully saturated rings. The summed E-state index contributed by atoms with van der Waals surface area (Å²) in [7, 11) is 0. The van der Waals surface area contributed by atoms with Crippen LogP contribution in [0.4, 0.5) is 19.0 Å². The molecule has 0 aliphatic rings. The van der Waals surface area contributed by atoms with Gasteiger partial charge in [-0.25, -0.2) is 4.98 Å². The summed E-state index contributed by atoms with van der Waals surface area (Å²) in [4.78, 5) is 17.0. The summed E-state index contributed by atoms with van der Waals surface area (Å²) in [5, 5.41) is 5.78. The zero-order valence-electron chi connectivity index (χ0n) is 14.5. The van der Waals surface area contributed by atoms with Crippen LogP contribution in [0, 0.1) is 6.92 Å². The molecule has 0 radical (unpaired) electrons. The highest BCUT2D eigenvalue weighted by molar-refractivity contribution is 7.98. The van der Waals surface area contributed by atoms with Gasteiger partial charge in [-0.05, 0) is 49.4 Å². The first-order valence-electron chi connectivity index (χ1n) is 8.01. The Labute approximate surface area is 154 Å². The molecule has 1 aromatic carbocycles. The quantitative estimate of drug-likeness (QED) is 0.551. The number of pyridine rings is 1. The zero-order chi connectivity index (χ0) is 19.2. The Balaban J connectivity index is 1.76. The maximum absolute atomic E-state index is 12.5. The minimum atomic E-state index is -4.39. The zero-order valence-corrected chi connectivity index (χ0v) is 15.3. The summed E-state index contributed by atoms with van der Waals surface area (Å²) in [6, 6.07) is 8.02. The normalized spacial score (nSPS) is 11.3. The highest BCUT2D eigenvalue weighted by Gasteiger charge is 2.30. The average molecular weight is 383 g/mol. The number of alkyl halides is 3. The first-order chi connectivity index (χ1) is 12.3. The molecule has 1 aromatic heterocycles. The van der Waals surface area contributed by atoms with Crippen LogP contribution in [-0.4, -0.2) is 30.2 Å². The van der Waals surface area contributed by atoms with Crippen LogP contribution in [0.25, 0.3) is 0 Å². The summed E-state index contributed by atoms with van der Waals surface area (Å²) in [6.45, 7) is 2.83. The van der Waals surface area contributed by atoms with E-state index < -0.39 is 11.7 Å². The van der Waals surface area contributed by atoms with Gasteiger partial charge in [0.25, 0.3) is 5.91 Å². The Kier molecular flexibility index (Phi) is 6.90. The number of thioether (sulfide) groups is 1. The molecule has 0 saturated heterocycles. The van der Waals surface area contributed by atoms with Gasteiger partial charge in [0.15, 0.2) is 0 Å². The lowest BCUT2D eigenvalue weighted by Crippen LogP contribution is -2.26. The van der Waals surface area contributed by atoms with Gasteiger partial charge in [-0.1, -0.05) is 6.07 Å². The Hall–Kier alpha value is -2.22. The highest BCUT2D eigenvalue weighted by Crippen LogP contribution is 2.28. The number of rotatable bonds is 7. The molecule has 8 heteroatoms. The number of carbonyl (C=O) groups is 1. The van der Waals surface area contributed by atoms with E-state index in [-0.39, 0.29) is 5.91 Å². The van der Waals surface area contributed by atoms with E-state index in [4.69, 9.17) is 0 Å². The van der Waals surface area contributed by atoms with Gasteiger partial charge in [-0.3, -0.25) is 4.79 Å². The second-order valence-electron chi connectivity index (χ2n) is 5.65. The summed E-state index contributed by atoms with van der Waals surface area (Å²) >= 11 is 1.57. The largest absolute Gasteiger partial charge is 0.417 e. The monoisotopic (exact) mass is 383 g/mol. The molecule has 0 saturated carbocycles. The van der Waals surface area contributed by atoms with Crippen molar-refractivity contribution in [1.29, 1.82) is 0 Å². The molecule has 0 aliphatic heterocycles. The fourth-order valence-electron chi connectivity index (χ4n) is 2.24. The lowest BCUT2D eigenvalue weighted by atomic mass is 10.1. The molecule has 4 nitrogen and oxygen atoms in total. The number of nitrogens with zero attached hydrogens (tertiary/aromatic N) is 1. The Bertz CT molecular complexity index is 748. The fourth-order valence-corrected chi connectivity index (χ4v) is 2.68. The maximum atomic E-state index is 12.5.